The normalized spacial score (nSPS) is 13.8. The van der Waals surface area contributed by atoms with Crippen molar-refractivity contribution in [3.63, 3.8) is 0 Å². The van der Waals surface area contributed by atoms with Crippen molar-refractivity contribution < 1.29 is 14.1 Å². The number of amides is 1. The number of carbonyl (C=O) groups excluding carboxylic acids is 1. The number of rotatable bonds is 2. The van der Waals surface area contributed by atoms with Gasteiger partial charge < -0.3 is 14.2 Å². The van der Waals surface area contributed by atoms with Gasteiger partial charge in [0.2, 0.25) is 5.91 Å². The van der Waals surface area contributed by atoms with E-state index < -0.39 is 0 Å². The zero-order valence-electron chi connectivity index (χ0n) is 10.9. The zero-order chi connectivity index (χ0) is 12.8. The Bertz CT molecular complexity index is 374. The van der Waals surface area contributed by atoms with Gasteiger partial charge in [-0.2, -0.15) is 0 Å². The summed E-state index contributed by atoms with van der Waals surface area (Å²) in [5, 5.41) is 3.89. The van der Waals surface area contributed by atoms with Gasteiger partial charge in [0.05, 0.1) is 12.2 Å². The van der Waals surface area contributed by atoms with E-state index in [4.69, 9.17) is 9.26 Å². The van der Waals surface area contributed by atoms with E-state index in [9.17, 15) is 4.79 Å². The van der Waals surface area contributed by atoms with Crippen LogP contribution in [0.2, 0.25) is 0 Å². The van der Waals surface area contributed by atoms with Gasteiger partial charge in [-0.15, -0.1) is 0 Å². The molecule has 1 aromatic rings. The third kappa shape index (κ3) is 3.06. The van der Waals surface area contributed by atoms with Gasteiger partial charge in [-0.25, -0.2) is 0 Å². The van der Waals surface area contributed by atoms with E-state index >= 15 is 0 Å². The Morgan fingerprint density at radius 2 is 2.24 bits per heavy atom. The first-order chi connectivity index (χ1) is 8.22. The zero-order valence-corrected chi connectivity index (χ0v) is 10.9. The summed E-state index contributed by atoms with van der Waals surface area (Å²) in [6.07, 6.45) is 0.742. The van der Waals surface area contributed by atoms with Crippen molar-refractivity contribution in [3.05, 3.63) is 17.0 Å². The molecule has 1 aliphatic heterocycles. The number of hydrogen-bond acceptors (Lipinski definition) is 4. The van der Waals surface area contributed by atoms with Gasteiger partial charge in [-0.1, -0.05) is 19.0 Å². The highest BCUT2D eigenvalue weighted by Gasteiger charge is 2.25. The third-order valence-electron chi connectivity index (χ3n) is 2.64. The molecular weight excluding hydrogens is 220 g/mol. The number of methoxy groups -OCH3 is 1. The number of aryl methyl sites for hydroxylation is 1. The molecule has 1 amide bonds. The fourth-order valence-corrected chi connectivity index (χ4v) is 1.77. The van der Waals surface area contributed by atoms with Crippen molar-refractivity contribution in [2.24, 2.45) is 0 Å². The van der Waals surface area contributed by atoms with E-state index in [-0.39, 0.29) is 12.5 Å². The molecule has 0 radical (unpaired) electrons. The lowest BCUT2D eigenvalue weighted by molar-refractivity contribution is -0.136. The number of ether oxygens (including phenoxy) is 1. The Labute approximate surface area is 102 Å². The van der Waals surface area contributed by atoms with Crippen molar-refractivity contribution in [2.75, 3.05) is 20.3 Å². The van der Waals surface area contributed by atoms with Crippen LogP contribution in [0.5, 0.6) is 0 Å². The van der Waals surface area contributed by atoms with Gasteiger partial charge in [0.25, 0.3) is 0 Å². The molecule has 0 fully saturated rings. The van der Waals surface area contributed by atoms with Gasteiger partial charge in [0.1, 0.15) is 12.4 Å². The SMILES string of the molecule is CC.COCC(=O)N1CCc2onc(C)c2C1. The second-order valence-electron chi connectivity index (χ2n) is 3.67. The largest absolute Gasteiger partial charge is 0.375 e. The highest BCUT2D eigenvalue weighted by molar-refractivity contribution is 5.77. The van der Waals surface area contributed by atoms with Crippen molar-refractivity contribution in [1.29, 1.82) is 0 Å². The molecule has 2 rings (SSSR count). The van der Waals surface area contributed by atoms with Crippen LogP contribution in [0, 0.1) is 6.92 Å². The Morgan fingerprint density at radius 1 is 1.53 bits per heavy atom. The number of fused-ring (bicyclic) bond motifs is 1. The fourth-order valence-electron chi connectivity index (χ4n) is 1.77. The van der Waals surface area contributed by atoms with Gasteiger partial charge in [0.15, 0.2) is 0 Å². The molecule has 0 atom stereocenters. The van der Waals surface area contributed by atoms with Crippen LogP contribution in [0.4, 0.5) is 0 Å². The topological polar surface area (TPSA) is 55.6 Å². The van der Waals surface area contributed by atoms with E-state index in [1.165, 1.54) is 7.11 Å². The molecule has 0 aliphatic carbocycles. The predicted octanol–water partition coefficient (Wildman–Crippen LogP) is 1.54. The van der Waals surface area contributed by atoms with Crippen molar-refractivity contribution in [3.8, 4) is 0 Å². The molecule has 0 saturated heterocycles. The minimum Gasteiger partial charge on any atom is -0.375 e. The first kappa shape index (κ1) is 13.7. The van der Waals surface area contributed by atoms with Crippen LogP contribution in [-0.2, 0) is 22.5 Å². The van der Waals surface area contributed by atoms with Gasteiger partial charge >= 0.3 is 0 Å². The molecule has 96 valence electrons. The van der Waals surface area contributed by atoms with Crippen LogP contribution in [-0.4, -0.2) is 36.2 Å². The lowest BCUT2D eigenvalue weighted by Crippen LogP contribution is -2.37. The monoisotopic (exact) mass is 240 g/mol. The first-order valence-electron chi connectivity index (χ1n) is 5.93. The summed E-state index contributed by atoms with van der Waals surface area (Å²) >= 11 is 0. The number of nitrogens with zero attached hydrogens (tertiary/aromatic N) is 2. The molecule has 0 aromatic carbocycles. The Kier molecular flexibility index (Phi) is 5.15. The first-order valence-corrected chi connectivity index (χ1v) is 5.93. The molecule has 0 bridgehead atoms. The molecule has 1 aromatic heterocycles. The highest BCUT2D eigenvalue weighted by atomic mass is 16.5. The van der Waals surface area contributed by atoms with Crippen LogP contribution < -0.4 is 0 Å². The molecule has 5 nitrogen and oxygen atoms in total. The van der Waals surface area contributed by atoms with Crippen molar-refractivity contribution in [1.82, 2.24) is 10.1 Å². The molecule has 0 saturated carbocycles. The van der Waals surface area contributed by atoms with Gasteiger partial charge in [-0.05, 0) is 6.92 Å². The maximum Gasteiger partial charge on any atom is 0.248 e. The van der Waals surface area contributed by atoms with Gasteiger partial charge in [0, 0.05) is 25.6 Å². The lowest BCUT2D eigenvalue weighted by atomic mass is 10.1. The molecule has 0 unspecified atom stereocenters. The summed E-state index contributed by atoms with van der Waals surface area (Å²) in [5.74, 6) is 0.928. The second-order valence-corrected chi connectivity index (χ2v) is 3.67. The average Bonchev–Trinajstić information content (AvgIpc) is 2.73. The van der Waals surface area contributed by atoms with Crippen LogP contribution in [0.25, 0.3) is 0 Å². The van der Waals surface area contributed by atoms with E-state index in [0.717, 1.165) is 23.4 Å². The van der Waals surface area contributed by atoms with Crippen LogP contribution >= 0.6 is 0 Å². The Balaban J connectivity index is 0.000000686. The molecule has 0 spiro atoms. The van der Waals surface area contributed by atoms with Crippen molar-refractivity contribution in [2.45, 2.75) is 33.7 Å². The Morgan fingerprint density at radius 3 is 2.88 bits per heavy atom. The Hall–Kier alpha value is -1.36. The molecule has 17 heavy (non-hydrogen) atoms. The summed E-state index contributed by atoms with van der Waals surface area (Å²) in [5.41, 5.74) is 1.92. The summed E-state index contributed by atoms with van der Waals surface area (Å²) in [4.78, 5) is 13.4. The summed E-state index contributed by atoms with van der Waals surface area (Å²) in [6.45, 7) is 7.31. The van der Waals surface area contributed by atoms with E-state index in [1.54, 1.807) is 4.90 Å². The van der Waals surface area contributed by atoms with Crippen LogP contribution in [0.15, 0.2) is 4.52 Å². The fraction of sp³-hybridized carbons (Fsp3) is 0.667. The van der Waals surface area contributed by atoms with Crippen LogP contribution in [0.3, 0.4) is 0 Å². The van der Waals surface area contributed by atoms with E-state index in [2.05, 4.69) is 5.16 Å². The van der Waals surface area contributed by atoms with E-state index in [1.807, 2.05) is 20.8 Å². The summed E-state index contributed by atoms with van der Waals surface area (Å²) in [6, 6.07) is 0. The molecular formula is C12H20N2O3. The summed E-state index contributed by atoms with van der Waals surface area (Å²) < 4.78 is 9.98. The minimum atomic E-state index is 0.0174. The number of carbonyl (C=O) groups is 1. The van der Waals surface area contributed by atoms with Gasteiger partial charge in [-0.3, -0.25) is 4.79 Å². The maximum atomic E-state index is 11.6. The number of aromatic nitrogens is 1. The third-order valence-corrected chi connectivity index (χ3v) is 2.64. The second kappa shape index (κ2) is 6.39. The summed E-state index contributed by atoms with van der Waals surface area (Å²) in [7, 11) is 1.53. The quantitative estimate of drug-likeness (QED) is 0.787. The standard InChI is InChI=1S/C10H14N2O3.C2H6/c1-7-8-5-12(10(13)6-14-2)4-3-9(8)15-11-7;1-2/h3-6H2,1-2H3;1-2H3. The molecule has 1 aliphatic rings. The van der Waals surface area contributed by atoms with Crippen molar-refractivity contribution >= 4 is 5.91 Å². The maximum absolute atomic E-state index is 11.6. The molecule has 5 heteroatoms. The number of hydrogen-bond donors (Lipinski definition) is 0. The minimum absolute atomic E-state index is 0.0174. The molecule has 0 N–H and O–H groups in total. The van der Waals surface area contributed by atoms with Crippen LogP contribution in [0.1, 0.15) is 30.9 Å². The average molecular weight is 240 g/mol. The predicted molar refractivity (Wildman–Crippen MR) is 63.6 cm³/mol. The smallest absolute Gasteiger partial charge is 0.248 e. The van der Waals surface area contributed by atoms with E-state index in [0.29, 0.717) is 13.1 Å². The molecule has 2 heterocycles. The lowest BCUT2D eigenvalue weighted by Gasteiger charge is -2.25. The highest BCUT2D eigenvalue weighted by Crippen LogP contribution is 2.21.